The maximum absolute atomic E-state index is 12.1. The van der Waals surface area contributed by atoms with Gasteiger partial charge in [0.25, 0.3) is 0 Å². The Morgan fingerprint density at radius 1 is 1.18 bits per heavy atom. The van der Waals surface area contributed by atoms with E-state index >= 15 is 0 Å². The van der Waals surface area contributed by atoms with Crippen LogP contribution in [-0.4, -0.2) is 35.8 Å². The highest BCUT2D eigenvalue weighted by Crippen LogP contribution is 2.19. The quantitative estimate of drug-likeness (QED) is 0.534. The van der Waals surface area contributed by atoms with Crippen LogP contribution in [0.15, 0.2) is 59.8 Å². The molecule has 0 saturated heterocycles. The molecule has 4 aromatic rings. The van der Waals surface area contributed by atoms with Crippen LogP contribution in [0.3, 0.4) is 0 Å². The highest BCUT2D eigenvalue weighted by Gasteiger charge is 2.11. The number of hydrogen-bond donors (Lipinski definition) is 1. The minimum absolute atomic E-state index is 0.179. The van der Waals surface area contributed by atoms with Crippen LogP contribution in [0.25, 0.3) is 17.2 Å². The summed E-state index contributed by atoms with van der Waals surface area (Å²) in [5.41, 5.74) is 1.38. The predicted molar refractivity (Wildman–Crippen MR) is 101 cm³/mol. The molecule has 1 amide bonds. The Balaban J connectivity index is 1.31. The first kappa shape index (κ1) is 17.8. The maximum atomic E-state index is 12.1. The molecule has 0 saturated carbocycles. The third kappa shape index (κ3) is 4.21. The van der Waals surface area contributed by atoms with Crippen molar-refractivity contribution >= 4 is 23.2 Å². The standard InChI is InChI=1S/C18H14ClN7O2/c19-13-3-1-12(2-4-13)18-24-17(28-25-18)8-7-16(27)23-14-5-6-15(21-9-14)26-11-20-10-22-26/h1-6,9-11H,7-8H2,(H,23,27). The van der Waals surface area contributed by atoms with Gasteiger partial charge in [-0.05, 0) is 36.4 Å². The zero-order valence-electron chi connectivity index (χ0n) is 14.5. The van der Waals surface area contributed by atoms with Gasteiger partial charge in [-0.25, -0.2) is 14.6 Å². The number of carbonyl (C=O) groups is 1. The van der Waals surface area contributed by atoms with E-state index in [0.29, 0.717) is 34.7 Å². The van der Waals surface area contributed by atoms with Gasteiger partial charge >= 0.3 is 0 Å². The molecule has 3 aromatic heterocycles. The summed E-state index contributed by atoms with van der Waals surface area (Å²) in [5.74, 6) is 1.28. The van der Waals surface area contributed by atoms with Gasteiger partial charge in [-0.1, -0.05) is 16.8 Å². The number of hydrogen-bond acceptors (Lipinski definition) is 7. The second-order valence-corrected chi connectivity index (χ2v) is 6.25. The molecule has 0 atom stereocenters. The molecule has 1 N–H and O–H groups in total. The van der Waals surface area contributed by atoms with Gasteiger partial charge in [-0.2, -0.15) is 10.1 Å². The van der Waals surface area contributed by atoms with Crippen molar-refractivity contribution in [1.82, 2.24) is 29.9 Å². The van der Waals surface area contributed by atoms with E-state index in [1.165, 1.54) is 11.0 Å². The van der Waals surface area contributed by atoms with Crippen LogP contribution in [0.5, 0.6) is 0 Å². The van der Waals surface area contributed by atoms with Gasteiger partial charge in [-0.3, -0.25) is 4.79 Å². The summed E-state index contributed by atoms with van der Waals surface area (Å²) in [6.07, 6.45) is 5.06. The molecule has 1 aromatic carbocycles. The fourth-order valence-corrected chi connectivity index (χ4v) is 2.56. The van der Waals surface area contributed by atoms with Crippen molar-refractivity contribution in [3.63, 3.8) is 0 Å². The summed E-state index contributed by atoms with van der Waals surface area (Å²) in [7, 11) is 0. The zero-order valence-corrected chi connectivity index (χ0v) is 15.2. The minimum Gasteiger partial charge on any atom is -0.339 e. The number of amides is 1. The van der Waals surface area contributed by atoms with Gasteiger partial charge < -0.3 is 9.84 Å². The number of nitrogens with zero attached hydrogens (tertiary/aromatic N) is 6. The second kappa shape index (κ2) is 7.97. The largest absolute Gasteiger partial charge is 0.339 e. The number of pyridine rings is 1. The van der Waals surface area contributed by atoms with Gasteiger partial charge in [-0.15, -0.1) is 0 Å². The van der Waals surface area contributed by atoms with Gasteiger partial charge in [0.1, 0.15) is 12.7 Å². The van der Waals surface area contributed by atoms with Gasteiger partial charge in [0.2, 0.25) is 17.6 Å². The van der Waals surface area contributed by atoms with E-state index in [0.717, 1.165) is 5.56 Å². The fraction of sp³-hybridized carbons (Fsp3) is 0.111. The van der Waals surface area contributed by atoms with E-state index in [-0.39, 0.29) is 12.3 Å². The number of rotatable bonds is 6. The summed E-state index contributed by atoms with van der Waals surface area (Å²) >= 11 is 5.87. The normalized spacial score (nSPS) is 10.8. The third-order valence-electron chi connectivity index (χ3n) is 3.82. The van der Waals surface area contributed by atoms with Crippen molar-refractivity contribution in [3.8, 4) is 17.2 Å². The molecule has 10 heteroatoms. The van der Waals surface area contributed by atoms with E-state index in [1.54, 1.807) is 48.9 Å². The second-order valence-electron chi connectivity index (χ2n) is 5.81. The Kier molecular flexibility index (Phi) is 5.07. The van der Waals surface area contributed by atoms with Crippen molar-refractivity contribution in [3.05, 3.63) is 66.2 Å². The first-order valence-electron chi connectivity index (χ1n) is 8.37. The molecular weight excluding hydrogens is 382 g/mol. The lowest BCUT2D eigenvalue weighted by Crippen LogP contribution is -2.13. The van der Waals surface area contributed by atoms with Crippen molar-refractivity contribution < 1.29 is 9.32 Å². The lowest BCUT2D eigenvalue weighted by atomic mass is 10.2. The molecule has 0 aliphatic heterocycles. The zero-order chi connectivity index (χ0) is 19.3. The van der Waals surface area contributed by atoms with E-state index in [9.17, 15) is 4.79 Å². The number of halogens is 1. The van der Waals surface area contributed by atoms with Crippen LogP contribution < -0.4 is 5.32 Å². The van der Waals surface area contributed by atoms with Gasteiger partial charge in [0.15, 0.2) is 5.82 Å². The van der Waals surface area contributed by atoms with E-state index in [4.69, 9.17) is 16.1 Å². The van der Waals surface area contributed by atoms with E-state index in [2.05, 4.69) is 30.5 Å². The molecule has 0 bridgehead atoms. The first-order valence-corrected chi connectivity index (χ1v) is 8.74. The maximum Gasteiger partial charge on any atom is 0.227 e. The number of aromatic nitrogens is 6. The Labute approximate surface area is 164 Å². The number of carbonyl (C=O) groups excluding carboxylic acids is 1. The van der Waals surface area contributed by atoms with Gasteiger partial charge in [0, 0.05) is 23.4 Å². The molecule has 140 valence electrons. The van der Waals surface area contributed by atoms with Crippen LogP contribution in [0.1, 0.15) is 12.3 Å². The Morgan fingerprint density at radius 2 is 2.04 bits per heavy atom. The number of aryl methyl sites for hydroxylation is 1. The highest BCUT2D eigenvalue weighted by molar-refractivity contribution is 6.30. The molecule has 3 heterocycles. The molecule has 0 unspecified atom stereocenters. The molecule has 0 aliphatic carbocycles. The monoisotopic (exact) mass is 395 g/mol. The minimum atomic E-state index is -0.179. The average Bonchev–Trinajstić information content (AvgIpc) is 3.40. The highest BCUT2D eigenvalue weighted by atomic mass is 35.5. The Hall–Kier alpha value is -3.59. The van der Waals surface area contributed by atoms with Crippen molar-refractivity contribution in [2.45, 2.75) is 12.8 Å². The number of anilines is 1. The van der Waals surface area contributed by atoms with Crippen molar-refractivity contribution in [2.75, 3.05) is 5.32 Å². The fourth-order valence-electron chi connectivity index (χ4n) is 2.44. The Morgan fingerprint density at radius 3 is 2.75 bits per heavy atom. The summed E-state index contributed by atoms with van der Waals surface area (Å²) in [6.45, 7) is 0. The van der Waals surface area contributed by atoms with Crippen LogP contribution in [0.2, 0.25) is 5.02 Å². The van der Waals surface area contributed by atoms with Crippen molar-refractivity contribution in [1.29, 1.82) is 0 Å². The van der Waals surface area contributed by atoms with Crippen LogP contribution in [0, 0.1) is 0 Å². The molecule has 28 heavy (non-hydrogen) atoms. The summed E-state index contributed by atoms with van der Waals surface area (Å²) in [5, 5.41) is 11.3. The first-order chi connectivity index (χ1) is 13.7. The molecule has 0 fully saturated rings. The summed E-state index contributed by atoms with van der Waals surface area (Å²) < 4.78 is 6.73. The molecule has 0 radical (unpaired) electrons. The Bertz CT molecular complexity index is 1060. The molecule has 9 nitrogen and oxygen atoms in total. The van der Waals surface area contributed by atoms with E-state index in [1.807, 2.05) is 0 Å². The third-order valence-corrected chi connectivity index (χ3v) is 4.07. The molecule has 0 aliphatic rings. The lowest BCUT2D eigenvalue weighted by Gasteiger charge is -2.05. The number of benzene rings is 1. The summed E-state index contributed by atoms with van der Waals surface area (Å²) in [4.78, 5) is 24.5. The van der Waals surface area contributed by atoms with Crippen LogP contribution >= 0.6 is 11.6 Å². The van der Waals surface area contributed by atoms with Gasteiger partial charge in [0.05, 0.1) is 11.9 Å². The lowest BCUT2D eigenvalue weighted by molar-refractivity contribution is -0.116. The SMILES string of the molecule is O=C(CCc1nc(-c2ccc(Cl)cc2)no1)Nc1ccc(-n2cncn2)nc1. The molecular formula is C18H14ClN7O2. The smallest absolute Gasteiger partial charge is 0.227 e. The predicted octanol–water partition coefficient (Wildman–Crippen LogP) is 2.94. The van der Waals surface area contributed by atoms with Crippen LogP contribution in [-0.2, 0) is 11.2 Å². The van der Waals surface area contributed by atoms with E-state index < -0.39 is 0 Å². The summed E-state index contributed by atoms with van der Waals surface area (Å²) in [6, 6.07) is 10.6. The topological polar surface area (TPSA) is 112 Å². The molecule has 0 spiro atoms. The number of nitrogens with one attached hydrogen (secondary N) is 1. The molecule has 4 rings (SSSR count). The van der Waals surface area contributed by atoms with Crippen molar-refractivity contribution in [2.24, 2.45) is 0 Å². The average molecular weight is 396 g/mol. The van der Waals surface area contributed by atoms with Crippen LogP contribution in [0.4, 0.5) is 5.69 Å².